The van der Waals surface area contributed by atoms with Crippen molar-refractivity contribution in [2.75, 3.05) is 24.4 Å². The fourth-order valence-electron chi connectivity index (χ4n) is 2.69. The van der Waals surface area contributed by atoms with Gasteiger partial charge >= 0.3 is 6.36 Å². The lowest BCUT2D eigenvalue weighted by Crippen LogP contribution is -2.21. The molecule has 31 heavy (non-hydrogen) atoms. The molecule has 164 valence electrons. The molecule has 1 aromatic heterocycles. The zero-order valence-corrected chi connectivity index (χ0v) is 16.8. The van der Waals surface area contributed by atoms with Gasteiger partial charge in [0.05, 0.1) is 19.4 Å². The molecule has 0 radical (unpaired) electrons. The van der Waals surface area contributed by atoms with E-state index in [0.29, 0.717) is 28.5 Å². The highest BCUT2D eigenvalue weighted by Gasteiger charge is 2.31. The Labute approximate surface area is 176 Å². The zero-order chi connectivity index (χ0) is 22.4. The Morgan fingerprint density at radius 1 is 1.03 bits per heavy atom. The van der Waals surface area contributed by atoms with Gasteiger partial charge in [0.15, 0.2) is 0 Å². The number of benzene rings is 2. The van der Waals surface area contributed by atoms with Crippen molar-refractivity contribution in [1.82, 2.24) is 9.97 Å². The summed E-state index contributed by atoms with van der Waals surface area (Å²) in [5.41, 5.74) is 1.46. The Morgan fingerprint density at radius 2 is 1.77 bits per heavy atom. The minimum atomic E-state index is -4.80. The number of aliphatic hydroxyl groups excluding tert-OH is 1. The molecule has 0 fully saturated rings. The van der Waals surface area contributed by atoms with E-state index in [-0.39, 0.29) is 24.3 Å². The van der Waals surface area contributed by atoms with Crippen LogP contribution in [-0.2, 0) is 0 Å². The van der Waals surface area contributed by atoms with E-state index >= 15 is 0 Å². The first kappa shape index (κ1) is 22.2. The summed E-state index contributed by atoms with van der Waals surface area (Å²) in [6.07, 6.45) is -4.80. The van der Waals surface area contributed by atoms with Crippen molar-refractivity contribution in [3.8, 4) is 22.8 Å². The number of aliphatic hydroxyl groups is 1. The molecule has 0 unspecified atom stereocenters. The van der Waals surface area contributed by atoms with E-state index in [4.69, 9.17) is 4.74 Å². The molecule has 2 aromatic carbocycles. The van der Waals surface area contributed by atoms with Crippen molar-refractivity contribution in [3.05, 3.63) is 54.6 Å². The predicted molar refractivity (Wildman–Crippen MR) is 111 cm³/mol. The average Bonchev–Trinajstić information content (AvgIpc) is 2.72. The van der Waals surface area contributed by atoms with E-state index in [1.54, 1.807) is 44.4 Å². The minimum absolute atomic E-state index is 0.152. The van der Waals surface area contributed by atoms with Crippen LogP contribution in [0.25, 0.3) is 11.3 Å². The first-order valence-electron chi connectivity index (χ1n) is 9.29. The molecule has 3 N–H and O–H groups in total. The highest BCUT2D eigenvalue weighted by Crippen LogP contribution is 2.29. The van der Waals surface area contributed by atoms with Crippen molar-refractivity contribution in [2.24, 2.45) is 0 Å². The van der Waals surface area contributed by atoms with Crippen LogP contribution in [0.3, 0.4) is 0 Å². The van der Waals surface area contributed by atoms with E-state index in [1.165, 1.54) is 18.2 Å². The van der Waals surface area contributed by atoms with Crippen LogP contribution in [0.1, 0.15) is 6.92 Å². The second-order valence-electron chi connectivity index (χ2n) is 6.62. The molecule has 10 heteroatoms. The molecular formula is C21H21F3N4O3. The Morgan fingerprint density at radius 3 is 2.48 bits per heavy atom. The number of hydrogen-bond acceptors (Lipinski definition) is 7. The van der Waals surface area contributed by atoms with Crippen molar-refractivity contribution in [1.29, 1.82) is 0 Å². The van der Waals surface area contributed by atoms with E-state index in [0.717, 1.165) is 0 Å². The van der Waals surface area contributed by atoms with Gasteiger partial charge < -0.3 is 25.2 Å². The largest absolute Gasteiger partial charge is 0.573 e. The van der Waals surface area contributed by atoms with Crippen molar-refractivity contribution in [3.63, 3.8) is 0 Å². The average molecular weight is 434 g/mol. The fourth-order valence-corrected chi connectivity index (χ4v) is 2.69. The van der Waals surface area contributed by atoms with Crippen LogP contribution in [0.5, 0.6) is 11.5 Å². The third kappa shape index (κ3) is 6.48. The van der Waals surface area contributed by atoms with Gasteiger partial charge in [0.2, 0.25) is 5.95 Å². The normalized spacial score (nSPS) is 12.2. The highest BCUT2D eigenvalue weighted by molar-refractivity contribution is 5.68. The van der Waals surface area contributed by atoms with Gasteiger partial charge in [0, 0.05) is 29.4 Å². The van der Waals surface area contributed by atoms with E-state index < -0.39 is 6.36 Å². The molecular weight excluding hydrogens is 413 g/mol. The summed E-state index contributed by atoms with van der Waals surface area (Å²) in [5, 5.41) is 15.4. The summed E-state index contributed by atoms with van der Waals surface area (Å²) >= 11 is 0. The lowest BCUT2D eigenvalue weighted by atomic mass is 10.1. The number of rotatable bonds is 8. The Balaban J connectivity index is 1.98. The number of methoxy groups -OCH3 is 1. The molecule has 0 bridgehead atoms. The van der Waals surface area contributed by atoms with Crippen LogP contribution in [0.15, 0.2) is 54.6 Å². The van der Waals surface area contributed by atoms with Gasteiger partial charge in [-0.05, 0) is 31.2 Å². The lowest BCUT2D eigenvalue weighted by molar-refractivity contribution is -0.274. The second-order valence-corrected chi connectivity index (χ2v) is 6.62. The molecule has 3 rings (SSSR count). The van der Waals surface area contributed by atoms with E-state index in [9.17, 15) is 18.3 Å². The Kier molecular flexibility index (Phi) is 6.81. The Hall–Kier alpha value is -3.53. The maximum atomic E-state index is 12.6. The fraction of sp³-hybridized carbons (Fsp3) is 0.238. The number of anilines is 3. The highest BCUT2D eigenvalue weighted by atomic mass is 19.4. The molecule has 0 aliphatic rings. The van der Waals surface area contributed by atoms with Crippen LogP contribution in [0, 0.1) is 0 Å². The molecule has 1 heterocycles. The number of nitrogens with one attached hydrogen (secondary N) is 2. The number of ether oxygens (including phenoxy) is 2. The quantitative estimate of drug-likeness (QED) is 0.478. The molecule has 0 spiro atoms. The van der Waals surface area contributed by atoms with E-state index in [1.807, 2.05) is 6.07 Å². The minimum Gasteiger partial charge on any atom is -0.497 e. The number of nitrogens with zero attached hydrogens (tertiary/aromatic N) is 2. The summed E-state index contributed by atoms with van der Waals surface area (Å²) in [7, 11) is 1.55. The third-order valence-electron chi connectivity index (χ3n) is 4.08. The van der Waals surface area contributed by atoms with Crippen LogP contribution in [0.4, 0.5) is 30.6 Å². The smallest absolute Gasteiger partial charge is 0.497 e. The van der Waals surface area contributed by atoms with Gasteiger partial charge in [-0.1, -0.05) is 18.2 Å². The number of alkyl halides is 3. The van der Waals surface area contributed by atoms with Gasteiger partial charge in [-0.3, -0.25) is 0 Å². The first-order valence-corrected chi connectivity index (χ1v) is 9.29. The predicted octanol–water partition coefficient (Wildman–Crippen LogP) is 4.59. The second kappa shape index (κ2) is 9.52. The molecule has 0 aliphatic heterocycles. The summed E-state index contributed by atoms with van der Waals surface area (Å²) < 4.78 is 47.0. The summed E-state index contributed by atoms with van der Waals surface area (Å²) in [6.45, 7) is 1.59. The number of halogens is 3. The van der Waals surface area contributed by atoms with Gasteiger partial charge in [0.1, 0.15) is 17.3 Å². The zero-order valence-electron chi connectivity index (χ0n) is 16.8. The number of hydrogen-bond donors (Lipinski definition) is 3. The molecule has 7 nitrogen and oxygen atoms in total. The topological polar surface area (TPSA) is 88.5 Å². The standard InChI is InChI=1S/C21H21F3N4O3/c1-13(12-29)25-20-27-18(14-5-3-8-17(9-14)31-21(22,23)24)11-19(28-20)26-15-6-4-7-16(10-15)30-2/h3-11,13,29H,12H2,1-2H3,(H2,25,26,27,28)/t13-/m0/s1. The molecule has 0 amide bonds. The maximum Gasteiger partial charge on any atom is 0.573 e. The third-order valence-corrected chi connectivity index (χ3v) is 4.08. The molecule has 1 atom stereocenters. The van der Waals surface area contributed by atoms with Crippen LogP contribution >= 0.6 is 0 Å². The Bertz CT molecular complexity index is 1030. The van der Waals surface area contributed by atoms with Crippen molar-refractivity contribution >= 4 is 17.5 Å². The molecule has 3 aromatic rings. The van der Waals surface area contributed by atoms with Crippen molar-refractivity contribution < 1.29 is 27.8 Å². The van der Waals surface area contributed by atoms with Gasteiger partial charge in [-0.15, -0.1) is 13.2 Å². The first-order chi connectivity index (χ1) is 14.8. The van der Waals surface area contributed by atoms with E-state index in [2.05, 4.69) is 25.3 Å². The van der Waals surface area contributed by atoms with Crippen LogP contribution in [0.2, 0.25) is 0 Å². The SMILES string of the molecule is COc1cccc(Nc2cc(-c3cccc(OC(F)(F)F)c3)nc(N[C@@H](C)CO)n2)c1. The summed E-state index contributed by atoms with van der Waals surface area (Å²) in [6, 6.07) is 13.9. The monoisotopic (exact) mass is 434 g/mol. The summed E-state index contributed by atoms with van der Waals surface area (Å²) in [5.74, 6) is 0.882. The molecule has 0 saturated carbocycles. The van der Waals surface area contributed by atoms with Crippen LogP contribution < -0.4 is 20.1 Å². The lowest BCUT2D eigenvalue weighted by Gasteiger charge is -2.15. The van der Waals surface area contributed by atoms with Crippen LogP contribution in [-0.4, -0.2) is 41.2 Å². The molecule has 0 aliphatic carbocycles. The molecule has 0 saturated heterocycles. The van der Waals surface area contributed by atoms with Gasteiger partial charge in [0.25, 0.3) is 0 Å². The van der Waals surface area contributed by atoms with Gasteiger partial charge in [-0.25, -0.2) is 4.98 Å². The summed E-state index contributed by atoms with van der Waals surface area (Å²) in [4.78, 5) is 8.75. The number of aromatic nitrogens is 2. The van der Waals surface area contributed by atoms with Gasteiger partial charge in [-0.2, -0.15) is 4.98 Å². The maximum absolute atomic E-state index is 12.6. The van der Waals surface area contributed by atoms with Crippen molar-refractivity contribution in [2.45, 2.75) is 19.3 Å².